The summed E-state index contributed by atoms with van der Waals surface area (Å²) in [6.45, 7) is 0.872. The maximum atomic E-state index is 12.9. The van der Waals surface area contributed by atoms with Crippen molar-refractivity contribution in [3.05, 3.63) is 102 Å². The molecule has 0 atom stereocenters. The Balaban J connectivity index is 1.46. The first-order chi connectivity index (χ1) is 15.0. The van der Waals surface area contributed by atoms with Crippen LogP contribution in [-0.4, -0.2) is 31.2 Å². The van der Waals surface area contributed by atoms with Gasteiger partial charge in [-0.05, 0) is 36.2 Å². The third kappa shape index (κ3) is 4.86. The topological polar surface area (TPSA) is 68.2 Å². The third-order valence-corrected chi connectivity index (χ3v) is 7.02. The highest BCUT2D eigenvalue weighted by atomic mass is 32.2. The van der Waals surface area contributed by atoms with Crippen molar-refractivity contribution in [3.63, 3.8) is 0 Å². The van der Waals surface area contributed by atoms with E-state index < -0.39 is 9.84 Å². The summed E-state index contributed by atoms with van der Waals surface area (Å²) < 4.78 is 26.8. The van der Waals surface area contributed by atoms with Gasteiger partial charge in [0.05, 0.1) is 10.6 Å². The first-order valence-corrected chi connectivity index (χ1v) is 11.9. The number of para-hydroxylation sites is 1. The molecule has 0 aliphatic heterocycles. The molecule has 4 aromatic rings. The zero-order chi connectivity index (χ0) is 21.7. The van der Waals surface area contributed by atoms with Crippen LogP contribution < -0.4 is 5.32 Å². The molecule has 0 fully saturated rings. The van der Waals surface area contributed by atoms with E-state index in [9.17, 15) is 13.2 Å². The highest BCUT2D eigenvalue weighted by Crippen LogP contribution is 2.21. The number of sulfone groups is 1. The van der Waals surface area contributed by atoms with E-state index in [0.29, 0.717) is 23.6 Å². The lowest BCUT2D eigenvalue weighted by Crippen LogP contribution is -2.28. The van der Waals surface area contributed by atoms with Crippen LogP contribution in [0.2, 0.25) is 0 Å². The number of nitrogens with zero attached hydrogens (tertiary/aromatic N) is 1. The van der Waals surface area contributed by atoms with Gasteiger partial charge in [-0.25, -0.2) is 8.42 Å². The van der Waals surface area contributed by atoms with Crippen molar-refractivity contribution in [2.45, 2.75) is 17.9 Å². The molecular formula is C25H24N2O3S. The molecule has 1 N–H and O–H groups in total. The van der Waals surface area contributed by atoms with Gasteiger partial charge in [-0.2, -0.15) is 0 Å². The molecular weight excluding hydrogens is 408 g/mol. The highest BCUT2D eigenvalue weighted by molar-refractivity contribution is 7.91. The fourth-order valence-corrected chi connectivity index (χ4v) is 4.97. The van der Waals surface area contributed by atoms with E-state index in [4.69, 9.17) is 0 Å². The number of rotatable bonds is 8. The third-order valence-electron chi connectivity index (χ3n) is 5.20. The van der Waals surface area contributed by atoms with E-state index in [2.05, 4.69) is 5.32 Å². The molecule has 31 heavy (non-hydrogen) atoms. The number of carbonyl (C=O) groups excluding carboxylic acids is 1. The normalized spacial score (nSPS) is 11.5. The molecule has 0 saturated carbocycles. The molecule has 1 aromatic heterocycles. The van der Waals surface area contributed by atoms with Crippen molar-refractivity contribution in [2.75, 3.05) is 12.3 Å². The van der Waals surface area contributed by atoms with Gasteiger partial charge in [0.2, 0.25) is 0 Å². The van der Waals surface area contributed by atoms with E-state index in [-0.39, 0.29) is 18.2 Å². The zero-order valence-corrected chi connectivity index (χ0v) is 17.9. The number of hydrogen-bond donors (Lipinski definition) is 1. The SMILES string of the molecule is O=C(NCCCS(=O)(=O)c1ccccc1)c1cc2ccccc2n1Cc1ccccc1. The summed E-state index contributed by atoms with van der Waals surface area (Å²) in [4.78, 5) is 13.2. The van der Waals surface area contributed by atoms with Crippen molar-refractivity contribution in [1.82, 2.24) is 9.88 Å². The summed E-state index contributed by atoms with van der Waals surface area (Å²) in [6.07, 6.45) is 0.349. The smallest absolute Gasteiger partial charge is 0.267 e. The molecule has 5 nitrogen and oxygen atoms in total. The Morgan fingerprint density at radius 2 is 1.48 bits per heavy atom. The molecule has 4 rings (SSSR count). The van der Waals surface area contributed by atoms with Crippen molar-refractivity contribution in [1.29, 1.82) is 0 Å². The summed E-state index contributed by atoms with van der Waals surface area (Å²) in [7, 11) is -3.35. The van der Waals surface area contributed by atoms with Gasteiger partial charge in [0.1, 0.15) is 5.69 Å². The van der Waals surface area contributed by atoms with Crippen molar-refractivity contribution in [3.8, 4) is 0 Å². The number of aromatic nitrogens is 1. The van der Waals surface area contributed by atoms with E-state index in [1.54, 1.807) is 30.3 Å². The molecule has 6 heteroatoms. The number of fused-ring (bicyclic) bond motifs is 1. The second-order valence-electron chi connectivity index (χ2n) is 7.40. The Morgan fingerprint density at radius 1 is 0.839 bits per heavy atom. The zero-order valence-electron chi connectivity index (χ0n) is 17.1. The Morgan fingerprint density at radius 3 is 2.23 bits per heavy atom. The lowest BCUT2D eigenvalue weighted by molar-refractivity contribution is 0.0945. The van der Waals surface area contributed by atoms with Gasteiger partial charge in [0, 0.05) is 24.0 Å². The summed E-state index contributed by atoms with van der Waals surface area (Å²) in [5, 5.41) is 3.88. The Labute approximate surface area is 182 Å². The van der Waals surface area contributed by atoms with Crippen LogP contribution >= 0.6 is 0 Å². The molecule has 0 bridgehead atoms. The fraction of sp³-hybridized carbons (Fsp3) is 0.160. The standard InChI is InChI=1S/C25H24N2O3S/c28-25(26-16-9-17-31(29,30)22-13-5-2-6-14-22)24-18-21-12-7-8-15-23(21)27(24)19-20-10-3-1-4-11-20/h1-8,10-15,18H,9,16-17,19H2,(H,26,28). The Kier molecular flexibility index (Phi) is 6.18. The average molecular weight is 433 g/mol. The summed E-state index contributed by atoms with van der Waals surface area (Å²) in [5.41, 5.74) is 2.66. The summed E-state index contributed by atoms with van der Waals surface area (Å²) in [6, 6.07) is 28.2. The number of nitrogens with one attached hydrogen (secondary N) is 1. The van der Waals surface area contributed by atoms with Crippen molar-refractivity contribution < 1.29 is 13.2 Å². The predicted octanol–water partition coefficient (Wildman–Crippen LogP) is 4.28. The largest absolute Gasteiger partial charge is 0.351 e. The molecule has 1 amide bonds. The molecule has 0 spiro atoms. The minimum atomic E-state index is -3.35. The van der Waals surface area contributed by atoms with Gasteiger partial charge in [0.15, 0.2) is 9.84 Å². The lowest BCUT2D eigenvalue weighted by atomic mass is 10.2. The van der Waals surface area contributed by atoms with E-state index >= 15 is 0 Å². The molecule has 0 aliphatic carbocycles. The van der Waals surface area contributed by atoms with Crippen LogP contribution in [0.25, 0.3) is 10.9 Å². The number of carbonyl (C=O) groups is 1. The maximum absolute atomic E-state index is 12.9. The molecule has 0 saturated heterocycles. The van der Waals surface area contributed by atoms with Crippen LogP contribution in [0.15, 0.2) is 95.9 Å². The van der Waals surface area contributed by atoms with E-state index in [1.807, 2.05) is 65.2 Å². The second-order valence-corrected chi connectivity index (χ2v) is 9.51. The minimum absolute atomic E-state index is 0.00963. The molecule has 0 aliphatic rings. The Bertz CT molecular complexity index is 1280. The molecule has 1 heterocycles. The van der Waals surface area contributed by atoms with Gasteiger partial charge >= 0.3 is 0 Å². The second kappa shape index (κ2) is 9.18. The fourth-order valence-electron chi connectivity index (χ4n) is 3.64. The van der Waals surface area contributed by atoms with Gasteiger partial charge in [-0.1, -0.05) is 66.7 Å². The van der Waals surface area contributed by atoms with Crippen LogP contribution in [0, 0.1) is 0 Å². The summed E-state index contributed by atoms with van der Waals surface area (Å²) in [5.74, 6) is -0.214. The van der Waals surface area contributed by atoms with Crippen LogP contribution in [-0.2, 0) is 16.4 Å². The van der Waals surface area contributed by atoms with Gasteiger partial charge in [-0.3, -0.25) is 4.79 Å². The van der Waals surface area contributed by atoms with Crippen LogP contribution in [0.5, 0.6) is 0 Å². The first kappa shape index (κ1) is 20.9. The van der Waals surface area contributed by atoms with Gasteiger partial charge < -0.3 is 9.88 Å². The number of amides is 1. The maximum Gasteiger partial charge on any atom is 0.267 e. The minimum Gasteiger partial charge on any atom is -0.351 e. The molecule has 3 aromatic carbocycles. The van der Waals surface area contributed by atoms with E-state index in [1.165, 1.54) is 0 Å². The summed E-state index contributed by atoms with van der Waals surface area (Å²) >= 11 is 0. The Hall–Kier alpha value is -3.38. The predicted molar refractivity (Wildman–Crippen MR) is 123 cm³/mol. The monoisotopic (exact) mass is 432 g/mol. The molecule has 158 valence electrons. The van der Waals surface area contributed by atoms with Crippen molar-refractivity contribution in [2.24, 2.45) is 0 Å². The highest BCUT2D eigenvalue weighted by Gasteiger charge is 2.17. The van der Waals surface area contributed by atoms with Crippen molar-refractivity contribution >= 4 is 26.6 Å². The lowest BCUT2D eigenvalue weighted by Gasteiger charge is -2.12. The van der Waals surface area contributed by atoms with Gasteiger partial charge in [-0.15, -0.1) is 0 Å². The van der Waals surface area contributed by atoms with Crippen LogP contribution in [0.1, 0.15) is 22.5 Å². The van der Waals surface area contributed by atoms with Gasteiger partial charge in [0.25, 0.3) is 5.91 Å². The molecule has 0 unspecified atom stereocenters. The number of hydrogen-bond acceptors (Lipinski definition) is 3. The van der Waals surface area contributed by atoms with Crippen LogP contribution in [0.4, 0.5) is 0 Å². The molecule has 0 radical (unpaired) electrons. The quantitative estimate of drug-likeness (QED) is 0.423. The average Bonchev–Trinajstić information content (AvgIpc) is 3.16. The van der Waals surface area contributed by atoms with Crippen LogP contribution in [0.3, 0.4) is 0 Å². The first-order valence-electron chi connectivity index (χ1n) is 10.2. The van der Waals surface area contributed by atoms with E-state index in [0.717, 1.165) is 16.5 Å². The number of benzene rings is 3.